The Morgan fingerprint density at radius 1 is 1.11 bits per heavy atom. The van der Waals surface area contributed by atoms with E-state index < -0.39 is 22.4 Å². The number of anilines is 1. The molecule has 0 aliphatic heterocycles. The first kappa shape index (κ1) is 12.7. The van der Waals surface area contributed by atoms with Crippen LogP contribution in [-0.4, -0.2) is 4.21 Å². The second-order valence-corrected chi connectivity index (χ2v) is 5.22. The van der Waals surface area contributed by atoms with Gasteiger partial charge in [0.15, 0.2) is 0 Å². The minimum atomic E-state index is -1.50. The van der Waals surface area contributed by atoms with Crippen molar-refractivity contribution in [1.82, 2.24) is 0 Å². The Balaban J connectivity index is 2.24. The molecule has 2 rings (SSSR count). The molecule has 2 aromatic rings. The average molecular weight is 267 g/mol. The summed E-state index contributed by atoms with van der Waals surface area (Å²) < 4.78 is 38.6. The van der Waals surface area contributed by atoms with Crippen LogP contribution in [-0.2, 0) is 16.6 Å². The van der Waals surface area contributed by atoms with Crippen LogP contribution in [0.1, 0.15) is 5.56 Å². The Kier molecular flexibility index (Phi) is 3.72. The van der Waals surface area contributed by atoms with Gasteiger partial charge in [0.2, 0.25) is 0 Å². The van der Waals surface area contributed by atoms with Crippen LogP contribution >= 0.6 is 0 Å². The van der Waals surface area contributed by atoms with E-state index in [4.69, 9.17) is 5.73 Å². The van der Waals surface area contributed by atoms with Crippen molar-refractivity contribution in [3.63, 3.8) is 0 Å². The maximum atomic E-state index is 13.6. The zero-order valence-electron chi connectivity index (χ0n) is 9.40. The summed E-state index contributed by atoms with van der Waals surface area (Å²) in [7, 11) is -1.50. The van der Waals surface area contributed by atoms with Crippen molar-refractivity contribution in [2.24, 2.45) is 0 Å². The van der Waals surface area contributed by atoms with Crippen molar-refractivity contribution in [3.8, 4) is 0 Å². The van der Waals surface area contributed by atoms with Crippen LogP contribution in [0.25, 0.3) is 0 Å². The van der Waals surface area contributed by atoms with Crippen LogP contribution in [0.2, 0.25) is 0 Å². The average Bonchev–Trinajstić information content (AvgIpc) is 2.35. The van der Waals surface area contributed by atoms with E-state index in [1.54, 1.807) is 12.1 Å². The second-order valence-electron chi connectivity index (χ2n) is 3.77. The number of benzene rings is 2. The summed E-state index contributed by atoms with van der Waals surface area (Å²) in [6, 6.07) is 10.0. The lowest BCUT2D eigenvalue weighted by Crippen LogP contribution is -2.01. The van der Waals surface area contributed by atoms with Gasteiger partial charge in [-0.1, -0.05) is 18.2 Å². The van der Waals surface area contributed by atoms with Crippen LogP contribution in [0, 0.1) is 11.6 Å². The molecule has 2 nitrogen and oxygen atoms in total. The summed E-state index contributed by atoms with van der Waals surface area (Å²) in [5, 5.41) is 0. The highest BCUT2D eigenvalue weighted by molar-refractivity contribution is 7.84. The van der Waals surface area contributed by atoms with E-state index in [0.29, 0.717) is 4.90 Å². The zero-order chi connectivity index (χ0) is 13.1. The van der Waals surface area contributed by atoms with E-state index in [9.17, 15) is 13.0 Å². The Morgan fingerprint density at radius 2 is 1.83 bits per heavy atom. The molecule has 1 atom stereocenters. The third-order valence-electron chi connectivity index (χ3n) is 2.45. The van der Waals surface area contributed by atoms with Crippen molar-refractivity contribution >= 4 is 16.5 Å². The van der Waals surface area contributed by atoms with Crippen LogP contribution in [0.3, 0.4) is 0 Å². The van der Waals surface area contributed by atoms with Crippen LogP contribution in [0.5, 0.6) is 0 Å². The molecule has 0 fully saturated rings. The largest absolute Gasteiger partial charge is 0.396 e. The highest BCUT2D eigenvalue weighted by Gasteiger charge is 2.11. The minimum Gasteiger partial charge on any atom is -0.396 e. The Morgan fingerprint density at radius 3 is 2.56 bits per heavy atom. The van der Waals surface area contributed by atoms with Crippen molar-refractivity contribution in [2.75, 3.05) is 5.73 Å². The maximum absolute atomic E-state index is 13.6. The third-order valence-corrected chi connectivity index (χ3v) is 3.81. The first-order valence-electron chi connectivity index (χ1n) is 5.25. The van der Waals surface area contributed by atoms with Gasteiger partial charge in [-0.05, 0) is 24.3 Å². The molecule has 0 saturated heterocycles. The predicted octanol–water partition coefficient (Wildman–Crippen LogP) is 2.85. The summed E-state index contributed by atoms with van der Waals surface area (Å²) in [6.07, 6.45) is 0. The molecular weight excluding hydrogens is 256 g/mol. The smallest absolute Gasteiger partial charge is 0.150 e. The number of nitrogen functional groups attached to an aromatic ring is 1. The Hall–Kier alpha value is -1.75. The van der Waals surface area contributed by atoms with Gasteiger partial charge in [0.25, 0.3) is 0 Å². The van der Waals surface area contributed by atoms with Gasteiger partial charge in [0, 0.05) is 10.5 Å². The highest BCUT2D eigenvalue weighted by atomic mass is 32.2. The molecule has 2 aromatic carbocycles. The molecule has 0 heterocycles. The van der Waals surface area contributed by atoms with Crippen LogP contribution in [0.4, 0.5) is 14.5 Å². The Labute approximate surface area is 106 Å². The summed E-state index contributed by atoms with van der Waals surface area (Å²) >= 11 is 0. The lowest BCUT2D eigenvalue weighted by molar-refractivity contribution is 0.618. The third kappa shape index (κ3) is 2.73. The SMILES string of the molecule is Nc1cccc(CS(=O)c2cccc(F)c2)c1F. The highest BCUT2D eigenvalue weighted by Crippen LogP contribution is 2.19. The standard InChI is InChI=1S/C13H11F2NOS/c14-10-4-2-5-11(7-10)18(17)8-9-3-1-6-12(16)13(9)15/h1-7H,8,16H2. The molecule has 5 heteroatoms. The number of halogens is 2. The topological polar surface area (TPSA) is 43.1 Å². The first-order chi connectivity index (χ1) is 8.58. The fourth-order valence-corrected chi connectivity index (χ4v) is 2.69. The quantitative estimate of drug-likeness (QED) is 0.869. The number of rotatable bonds is 3. The maximum Gasteiger partial charge on any atom is 0.150 e. The minimum absolute atomic E-state index is 0.0174. The Bertz CT molecular complexity index is 601. The molecule has 0 amide bonds. The molecule has 0 saturated carbocycles. The van der Waals surface area contributed by atoms with Gasteiger partial charge in [-0.2, -0.15) is 0 Å². The normalized spacial score (nSPS) is 12.3. The summed E-state index contributed by atoms with van der Waals surface area (Å²) in [5.74, 6) is -1.06. The number of hydrogen-bond donors (Lipinski definition) is 1. The van der Waals surface area contributed by atoms with Crippen LogP contribution < -0.4 is 5.73 Å². The molecule has 94 valence electrons. The van der Waals surface area contributed by atoms with Gasteiger partial charge in [0.05, 0.1) is 22.2 Å². The van der Waals surface area contributed by atoms with Gasteiger partial charge < -0.3 is 5.73 Å². The van der Waals surface area contributed by atoms with E-state index in [0.717, 1.165) is 0 Å². The van der Waals surface area contributed by atoms with Gasteiger partial charge >= 0.3 is 0 Å². The molecule has 0 radical (unpaired) electrons. The summed E-state index contributed by atoms with van der Waals surface area (Å²) in [4.78, 5) is 0.330. The fourth-order valence-electron chi connectivity index (χ4n) is 1.54. The number of hydrogen-bond acceptors (Lipinski definition) is 2. The molecule has 0 aromatic heterocycles. The molecule has 2 N–H and O–H groups in total. The van der Waals surface area contributed by atoms with Gasteiger partial charge in [-0.25, -0.2) is 8.78 Å². The lowest BCUT2D eigenvalue weighted by Gasteiger charge is -2.05. The van der Waals surface area contributed by atoms with E-state index in [-0.39, 0.29) is 17.0 Å². The van der Waals surface area contributed by atoms with E-state index in [1.165, 1.54) is 30.3 Å². The fraction of sp³-hybridized carbons (Fsp3) is 0.0769. The monoisotopic (exact) mass is 267 g/mol. The molecular formula is C13H11F2NOS. The van der Waals surface area contributed by atoms with Gasteiger partial charge in [-0.3, -0.25) is 4.21 Å². The van der Waals surface area contributed by atoms with Gasteiger partial charge in [-0.15, -0.1) is 0 Å². The molecule has 1 unspecified atom stereocenters. The molecule has 0 aliphatic carbocycles. The first-order valence-corrected chi connectivity index (χ1v) is 6.56. The van der Waals surface area contributed by atoms with E-state index in [2.05, 4.69) is 0 Å². The summed E-state index contributed by atoms with van der Waals surface area (Å²) in [5.41, 5.74) is 5.70. The van der Waals surface area contributed by atoms with Crippen molar-refractivity contribution < 1.29 is 13.0 Å². The van der Waals surface area contributed by atoms with E-state index >= 15 is 0 Å². The van der Waals surface area contributed by atoms with E-state index in [1.807, 2.05) is 0 Å². The second kappa shape index (κ2) is 5.27. The molecule has 0 spiro atoms. The van der Waals surface area contributed by atoms with Crippen molar-refractivity contribution in [3.05, 3.63) is 59.7 Å². The molecule has 0 aliphatic rings. The van der Waals surface area contributed by atoms with Gasteiger partial charge in [0.1, 0.15) is 11.6 Å². The van der Waals surface area contributed by atoms with Crippen LogP contribution in [0.15, 0.2) is 47.4 Å². The zero-order valence-corrected chi connectivity index (χ0v) is 10.2. The van der Waals surface area contributed by atoms with Crippen molar-refractivity contribution in [2.45, 2.75) is 10.6 Å². The van der Waals surface area contributed by atoms with Crippen molar-refractivity contribution in [1.29, 1.82) is 0 Å². The summed E-state index contributed by atoms with van der Waals surface area (Å²) in [6.45, 7) is 0. The molecule has 0 bridgehead atoms. The number of nitrogens with two attached hydrogens (primary N) is 1. The predicted molar refractivity (Wildman–Crippen MR) is 67.3 cm³/mol. The molecule has 18 heavy (non-hydrogen) atoms. The lowest BCUT2D eigenvalue weighted by atomic mass is 10.2.